The average Bonchev–Trinajstić information content (AvgIpc) is 2.61. The van der Waals surface area contributed by atoms with Crippen LogP contribution in [0.15, 0.2) is 60.7 Å². The lowest BCUT2D eigenvalue weighted by atomic mass is 9.98. The van der Waals surface area contributed by atoms with Crippen LogP contribution >= 0.6 is 0 Å². The maximum Gasteiger partial charge on any atom is 0.237 e. The fourth-order valence-electron chi connectivity index (χ4n) is 2.75. The molecule has 0 radical (unpaired) electrons. The molecule has 0 aliphatic carbocycles. The van der Waals surface area contributed by atoms with E-state index in [0.29, 0.717) is 13.0 Å². The summed E-state index contributed by atoms with van der Waals surface area (Å²) in [6, 6.07) is 19.9. The first-order valence-electron chi connectivity index (χ1n) is 8.53. The number of amides is 1. The molecule has 0 aliphatic heterocycles. The van der Waals surface area contributed by atoms with Gasteiger partial charge in [0, 0.05) is 6.04 Å². The highest BCUT2D eigenvalue weighted by atomic mass is 16.2. The minimum absolute atomic E-state index is 0.0197. The molecule has 24 heavy (non-hydrogen) atoms. The molecule has 2 aromatic rings. The third-order valence-electron chi connectivity index (χ3n) is 4.05. The van der Waals surface area contributed by atoms with Crippen LogP contribution in [0.2, 0.25) is 0 Å². The summed E-state index contributed by atoms with van der Waals surface area (Å²) >= 11 is 0. The van der Waals surface area contributed by atoms with Gasteiger partial charge in [-0.05, 0) is 43.4 Å². The molecule has 0 unspecified atom stereocenters. The first-order valence-corrected chi connectivity index (χ1v) is 8.53. The van der Waals surface area contributed by atoms with Gasteiger partial charge in [-0.1, -0.05) is 60.7 Å². The molecule has 0 aromatic heterocycles. The molecule has 0 spiro atoms. The zero-order chi connectivity index (χ0) is 17.2. The van der Waals surface area contributed by atoms with Crippen LogP contribution in [-0.2, 0) is 17.6 Å². The second-order valence-electron chi connectivity index (χ2n) is 6.12. The highest BCUT2D eigenvalue weighted by Crippen LogP contribution is 2.10. The predicted molar refractivity (Wildman–Crippen MR) is 98.5 cm³/mol. The minimum Gasteiger partial charge on any atom is -0.351 e. The molecule has 1 atom stereocenters. The third-order valence-corrected chi connectivity index (χ3v) is 4.05. The van der Waals surface area contributed by atoms with Crippen molar-refractivity contribution in [2.45, 2.75) is 37.8 Å². The minimum atomic E-state index is -0.498. The molecule has 0 bridgehead atoms. The molecule has 5 N–H and O–H groups in total. The Hall–Kier alpha value is -2.17. The number of hydrogen-bond donors (Lipinski definition) is 3. The van der Waals surface area contributed by atoms with Crippen LogP contribution in [0.5, 0.6) is 0 Å². The van der Waals surface area contributed by atoms with E-state index in [4.69, 9.17) is 11.5 Å². The predicted octanol–water partition coefficient (Wildman–Crippen LogP) is 2.02. The topological polar surface area (TPSA) is 81.1 Å². The summed E-state index contributed by atoms with van der Waals surface area (Å²) in [5.74, 6) is -0.0969. The highest BCUT2D eigenvalue weighted by molar-refractivity contribution is 5.81. The molecule has 2 rings (SSSR count). The van der Waals surface area contributed by atoms with Gasteiger partial charge in [-0.25, -0.2) is 0 Å². The molecule has 0 saturated heterocycles. The fourth-order valence-corrected chi connectivity index (χ4v) is 2.75. The second-order valence-corrected chi connectivity index (χ2v) is 6.12. The van der Waals surface area contributed by atoms with Crippen molar-refractivity contribution in [3.63, 3.8) is 0 Å². The van der Waals surface area contributed by atoms with Gasteiger partial charge >= 0.3 is 0 Å². The van der Waals surface area contributed by atoms with E-state index >= 15 is 0 Å². The normalized spacial score (nSPS) is 12.1. The van der Waals surface area contributed by atoms with Crippen LogP contribution in [0, 0.1) is 0 Å². The van der Waals surface area contributed by atoms with E-state index in [9.17, 15) is 4.79 Å². The molecule has 4 nitrogen and oxygen atoms in total. The van der Waals surface area contributed by atoms with Crippen LogP contribution in [0.25, 0.3) is 0 Å². The molecule has 2 aromatic carbocycles. The van der Waals surface area contributed by atoms with Gasteiger partial charge in [-0.2, -0.15) is 0 Å². The molecular weight excluding hydrogens is 298 g/mol. The number of rotatable bonds is 9. The van der Waals surface area contributed by atoms with Crippen LogP contribution in [0.1, 0.15) is 24.0 Å². The monoisotopic (exact) mass is 325 g/mol. The number of carbonyl (C=O) groups is 1. The Balaban J connectivity index is 2.03. The van der Waals surface area contributed by atoms with E-state index in [0.717, 1.165) is 19.3 Å². The zero-order valence-corrected chi connectivity index (χ0v) is 14.0. The van der Waals surface area contributed by atoms with Crippen LogP contribution in [0.3, 0.4) is 0 Å². The Bertz CT molecular complexity index is 559. The van der Waals surface area contributed by atoms with Crippen LogP contribution in [0.4, 0.5) is 0 Å². The average molecular weight is 325 g/mol. The van der Waals surface area contributed by atoms with Crippen LogP contribution in [-0.4, -0.2) is 24.5 Å². The van der Waals surface area contributed by atoms with Gasteiger partial charge in [-0.3, -0.25) is 4.79 Å². The molecule has 0 saturated carbocycles. The van der Waals surface area contributed by atoms with Gasteiger partial charge in [0.25, 0.3) is 0 Å². The van der Waals surface area contributed by atoms with Crippen molar-refractivity contribution >= 4 is 5.91 Å². The quantitative estimate of drug-likeness (QED) is 0.660. The fraction of sp³-hybridized carbons (Fsp3) is 0.350. The van der Waals surface area contributed by atoms with Crippen molar-refractivity contribution in [1.82, 2.24) is 5.32 Å². The summed E-state index contributed by atoms with van der Waals surface area (Å²) in [7, 11) is 0. The van der Waals surface area contributed by atoms with Crippen LogP contribution < -0.4 is 16.8 Å². The van der Waals surface area contributed by atoms with Crippen molar-refractivity contribution in [2.75, 3.05) is 6.54 Å². The van der Waals surface area contributed by atoms with E-state index < -0.39 is 6.04 Å². The van der Waals surface area contributed by atoms with Gasteiger partial charge in [0.1, 0.15) is 0 Å². The largest absolute Gasteiger partial charge is 0.351 e. The molecule has 0 aliphatic rings. The second kappa shape index (κ2) is 9.85. The molecule has 0 heterocycles. The van der Waals surface area contributed by atoms with Gasteiger partial charge in [0.05, 0.1) is 6.04 Å². The Morgan fingerprint density at radius 1 is 0.917 bits per heavy atom. The lowest BCUT2D eigenvalue weighted by molar-refractivity contribution is -0.123. The first-order chi connectivity index (χ1) is 11.7. The number of nitrogens with one attached hydrogen (secondary N) is 1. The number of hydrogen-bond acceptors (Lipinski definition) is 3. The first kappa shape index (κ1) is 18.2. The zero-order valence-electron chi connectivity index (χ0n) is 14.0. The standard InChI is InChI=1S/C20H27N3O/c21-13-7-12-19(22)20(24)23-18(14-16-8-3-1-4-9-16)15-17-10-5-2-6-11-17/h1-6,8-11,18-19H,7,12-15,21-22H2,(H,23,24)/t19-/m0/s1. The van der Waals surface area contributed by atoms with Crippen molar-refractivity contribution in [3.05, 3.63) is 71.8 Å². The Labute approximate surface area is 144 Å². The summed E-state index contributed by atoms with van der Waals surface area (Å²) in [4.78, 5) is 12.4. The number of benzene rings is 2. The molecular formula is C20H27N3O. The van der Waals surface area contributed by atoms with Gasteiger partial charge in [0.15, 0.2) is 0 Å². The van der Waals surface area contributed by atoms with E-state index in [1.54, 1.807) is 0 Å². The van der Waals surface area contributed by atoms with E-state index in [-0.39, 0.29) is 11.9 Å². The van der Waals surface area contributed by atoms with Crippen molar-refractivity contribution < 1.29 is 4.79 Å². The summed E-state index contributed by atoms with van der Waals surface area (Å²) in [6.07, 6.45) is 2.94. The molecule has 128 valence electrons. The maximum atomic E-state index is 12.4. The summed E-state index contributed by atoms with van der Waals surface area (Å²) in [5, 5.41) is 3.12. The summed E-state index contributed by atoms with van der Waals surface area (Å²) in [6.45, 7) is 0.554. The van der Waals surface area contributed by atoms with Gasteiger partial charge in [0.2, 0.25) is 5.91 Å². The molecule has 4 heteroatoms. The van der Waals surface area contributed by atoms with E-state index in [2.05, 4.69) is 29.6 Å². The lowest BCUT2D eigenvalue weighted by Crippen LogP contribution is -2.47. The summed E-state index contributed by atoms with van der Waals surface area (Å²) < 4.78 is 0. The third kappa shape index (κ3) is 6.14. The Morgan fingerprint density at radius 2 is 1.42 bits per heavy atom. The SMILES string of the molecule is NCCC[C@H](N)C(=O)NC(Cc1ccccc1)Cc1ccccc1. The number of carbonyl (C=O) groups excluding carboxylic acids is 1. The summed E-state index contributed by atoms with van der Waals surface area (Å²) in [5.41, 5.74) is 13.9. The van der Waals surface area contributed by atoms with E-state index in [1.165, 1.54) is 11.1 Å². The molecule has 0 fully saturated rings. The lowest BCUT2D eigenvalue weighted by Gasteiger charge is -2.21. The highest BCUT2D eigenvalue weighted by Gasteiger charge is 2.18. The van der Waals surface area contributed by atoms with E-state index in [1.807, 2.05) is 36.4 Å². The van der Waals surface area contributed by atoms with Gasteiger partial charge < -0.3 is 16.8 Å². The Morgan fingerprint density at radius 3 is 1.88 bits per heavy atom. The van der Waals surface area contributed by atoms with Crippen molar-refractivity contribution in [1.29, 1.82) is 0 Å². The maximum absolute atomic E-state index is 12.4. The smallest absolute Gasteiger partial charge is 0.237 e. The van der Waals surface area contributed by atoms with Crippen molar-refractivity contribution in [2.24, 2.45) is 11.5 Å². The van der Waals surface area contributed by atoms with Crippen molar-refractivity contribution in [3.8, 4) is 0 Å². The number of nitrogens with two attached hydrogens (primary N) is 2. The Kier molecular flexibility index (Phi) is 7.46. The van der Waals surface area contributed by atoms with Gasteiger partial charge in [-0.15, -0.1) is 0 Å². The molecule has 1 amide bonds.